The number of sulfonamides is 1. The van der Waals surface area contributed by atoms with Crippen molar-refractivity contribution >= 4 is 10.0 Å². The first-order chi connectivity index (χ1) is 12.5. The van der Waals surface area contributed by atoms with E-state index in [9.17, 15) is 12.8 Å². The third kappa shape index (κ3) is 4.41. The first-order valence-electron chi connectivity index (χ1n) is 8.71. The molecule has 0 unspecified atom stereocenters. The minimum absolute atomic E-state index is 0.153. The first-order valence-corrected chi connectivity index (χ1v) is 10.2. The molecule has 1 fully saturated rings. The molecule has 1 N–H and O–H groups in total. The molecule has 1 aliphatic rings. The Balaban J connectivity index is 1.52. The van der Waals surface area contributed by atoms with Crippen LogP contribution in [0.1, 0.15) is 5.56 Å². The summed E-state index contributed by atoms with van der Waals surface area (Å²) < 4.78 is 44.9. The molecule has 2 aromatic rings. The fraction of sp³-hybridized carbons (Fsp3) is 0.368. The lowest BCUT2D eigenvalue weighted by molar-refractivity contribution is -0.903. The molecule has 7 heteroatoms. The number of nitrogens with one attached hydrogen (secondary N) is 1. The molecule has 0 spiro atoms. The Kier molecular flexibility index (Phi) is 5.90. The second-order valence-corrected chi connectivity index (χ2v) is 8.39. The van der Waals surface area contributed by atoms with Crippen LogP contribution in [0, 0.1) is 5.82 Å². The van der Waals surface area contributed by atoms with E-state index in [1.165, 1.54) is 39.0 Å². The minimum Gasteiger partial charge on any atom is -0.497 e. The van der Waals surface area contributed by atoms with Crippen molar-refractivity contribution in [3.8, 4) is 5.75 Å². The van der Waals surface area contributed by atoms with Crippen molar-refractivity contribution in [2.24, 2.45) is 0 Å². The van der Waals surface area contributed by atoms with Crippen molar-refractivity contribution in [2.75, 3.05) is 39.8 Å². The van der Waals surface area contributed by atoms with Crippen LogP contribution in [0.5, 0.6) is 5.75 Å². The average molecular weight is 379 g/mol. The Bertz CT molecular complexity index is 815. The van der Waals surface area contributed by atoms with Gasteiger partial charge in [-0.25, -0.2) is 12.8 Å². The number of ether oxygens (including phenoxy) is 1. The number of methoxy groups -OCH3 is 1. The van der Waals surface area contributed by atoms with Crippen molar-refractivity contribution < 1.29 is 22.4 Å². The number of piperazine rings is 1. The molecule has 2 aromatic carbocycles. The summed E-state index contributed by atoms with van der Waals surface area (Å²) in [5, 5.41) is 0. The quantitative estimate of drug-likeness (QED) is 0.814. The van der Waals surface area contributed by atoms with Gasteiger partial charge in [-0.1, -0.05) is 12.1 Å². The van der Waals surface area contributed by atoms with E-state index in [1.54, 1.807) is 7.11 Å². The van der Waals surface area contributed by atoms with Crippen LogP contribution in [-0.4, -0.2) is 52.6 Å². The molecule has 0 bridgehead atoms. The van der Waals surface area contributed by atoms with Gasteiger partial charge in [0.1, 0.15) is 11.6 Å². The zero-order valence-electron chi connectivity index (χ0n) is 14.8. The number of nitrogens with zero attached hydrogens (tertiary/aromatic N) is 1. The van der Waals surface area contributed by atoms with E-state index in [4.69, 9.17) is 4.74 Å². The standard InChI is InChI=1S/C19H23FN2O3S/c1-25-18-6-2-16(3-7-18)10-11-21-12-14-22(15-13-21)26(23,24)19-8-4-17(20)5-9-19/h2-9H,10-15H2,1H3/p+1. The van der Waals surface area contributed by atoms with Gasteiger partial charge in [0.2, 0.25) is 10.0 Å². The summed E-state index contributed by atoms with van der Waals surface area (Å²) in [6.45, 7) is 3.49. The molecule has 26 heavy (non-hydrogen) atoms. The SMILES string of the molecule is COc1ccc(CC[NH+]2CCN(S(=O)(=O)c3ccc(F)cc3)CC2)cc1. The summed E-state index contributed by atoms with van der Waals surface area (Å²) in [7, 11) is -1.89. The third-order valence-electron chi connectivity index (χ3n) is 4.81. The molecule has 0 radical (unpaired) electrons. The molecule has 0 atom stereocenters. The van der Waals surface area contributed by atoms with E-state index >= 15 is 0 Å². The number of hydrogen-bond acceptors (Lipinski definition) is 3. The number of rotatable bonds is 6. The van der Waals surface area contributed by atoms with Crippen molar-refractivity contribution in [1.82, 2.24) is 4.31 Å². The van der Waals surface area contributed by atoms with Crippen molar-refractivity contribution in [2.45, 2.75) is 11.3 Å². The Morgan fingerprint density at radius 2 is 1.65 bits per heavy atom. The highest BCUT2D eigenvalue weighted by Gasteiger charge is 2.30. The lowest BCUT2D eigenvalue weighted by Crippen LogP contribution is -3.15. The largest absolute Gasteiger partial charge is 0.497 e. The molecule has 5 nitrogen and oxygen atoms in total. The molecule has 0 aliphatic carbocycles. The van der Waals surface area contributed by atoms with Gasteiger partial charge in [0.15, 0.2) is 0 Å². The maximum atomic E-state index is 13.0. The molecular formula is C19H24FN2O3S+. The van der Waals surface area contributed by atoms with Crippen LogP contribution in [0.25, 0.3) is 0 Å². The lowest BCUT2D eigenvalue weighted by Gasteiger charge is -2.31. The van der Waals surface area contributed by atoms with E-state index in [-0.39, 0.29) is 4.90 Å². The van der Waals surface area contributed by atoms with Gasteiger partial charge in [0.25, 0.3) is 0 Å². The molecule has 1 aliphatic heterocycles. The lowest BCUT2D eigenvalue weighted by atomic mass is 10.1. The molecule has 0 amide bonds. The van der Waals surface area contributed by atoms with Crippen LogP contribution in [-0.2, 0) is 16.4 Å². The van der Waals surface area contributed by atoms with Gasteiger partial charge in [-0.3, -0.25) is 0 Å². The van der Waals surface area contributed by atoms with Gasteiger partial charge in [-0.05, 0) is 42.0 Å². The predicted molar refractivity (Wildman–Crippen MR) is 97.4 cm³/mol. The third-order valence-corrected chi connectivity index (χ3v) is 6.72. The Labute approximate surface area is 154 Å². The molecule has 1 heterocycles. The van der Waals surface area contributed by atoms with Crippen LogP contribution in [0.15, 0.2) is 53.4 Å². The van der Waals surface area contributed by atoms with Crippen LogP contribution in [0.2, 0.25) is 0 Å². The smallest absolute Gasteiger partial charge is 0.243 e. The predicted octanol–water partition coefficient (Wildman–Crippen LogP) is 0.966. The van der Waals surface area contributed by atoms with Gasteiger partial charge in [-0.15, -0.1) is 0 Å². The number of benzene rings is 2. The molecule has 1 saturated heterocycles. The summed E-state index contributed by atoms with van der Waals surface area (Å²) in [4.78, 5) is 1.55. The van der Waals surface area contributed by atoms with Crippen LogP contribution >= 0.6 is 0 Å². The number of quaternary nitrogens is 1. The zero-order chi connectivity index (χ0) is 18.6. The first kappa shape index (κ1) is 18.8. The van der Waals surface area contributed by atoms with E-state index in [0.717, 1.165) is 31.8 Å². The Hall–Kier alpha value is -1.96. The fourth-order valence-electron chi connectivity index (χ4n) is 3.16. The summed E-state index contributed by atoms with van der Waals surface area (Å²) in [5.74, 6) is 0.414. The van der Waals surface area contributed by atoms with Gasteiger partial charge >= 0.3 is 0 Å². The average Bonchev–Trinajstić information content (AvgIpc) is 2.67. The Morgan fingerprint density at radius 3 is 2.23 bits per heavy atom. The van der Waals surface area contributed by atoms with Gasteiger partial charge < -0.3 is 9.64 Å². The number of halogens is 1. The second-order valence-electron chi connectivity index (χ2n) is 6.46. The fourth-order valence-corrected chi connectivity index (χ4v) is 4.60. The highest BCUT2D eigenvalue weighted by atomic mass is 32.2. The van der Waals surface area contributed by atoms with Crippen LogP contribution in [0.4, 0.5) is 4.39 Å². The highest BCUT2D eigenvalue weighted by Crippen LogP contribution is 2.16. The maximum absolute atomic E-state index is 13.0. The van der Waals surface area contributed by atoms with Crippen molar-refractivity contribution in [1.29, 1.82) is 0 Å². The summed E-state index contributed by atoms with van der Waals surface area (Å²) >= 11 is 0. The molecular weight excluding hydrogens is 355 g/mol. The van der Waals surface area contributed by atoms with Gasteiger partial charge in [0.05, 0.1) is 44.7 Å². The number of hydrogen-bond donors (Lipinski definition) is 1. The van der Waals surface area contributed by atoms with Gasteiger partial charge in [-0.2, -0.15) is 4.31 Å². The monoisotopic (exact) mass is 379 g/mol. The van der Waals surface area contributed by atoms with Crippen molar-refractivity contribution in [3.05, 3.63) is 59.9 Å². The van der Waals surface area contributed by atoms with Crippen LogP contribution in [0.3, 0.4) is 0 Å². The van der Waals surface area contributed by atoms with E-state index in [1.807, 2.05) is 12.1 Å². The van der Waals surface area contributed by atoms with E-state index in [2.05, 4.69) is 12.1 Å². The summed E-state index contributed by atoms with van der Waals surface area (Å²) in [6, 6.07) is 13.1. The molecule has 0 saturated carbocycles. The topological polar surface area (TPSA) is 51.1 Å². The second kappa shape index (κ2) is 8.16. The summed E-state index contributed by atoms with van der Waals surface area (Å²) in [5.41, 5.74) is 1.25. The highest BCUT2D eigenvalue weighted by molar-refractivity contribution is 7.89. The molecule has 140 valence electrons. The summed E-state index contributed by atoms with van der Waals surface area (Å²) in [6.07, 6.45) is 0.948. The van der Waals surface area contributed by atoms with E-state index < -0.39 is 15.8 Å². The zero-order valence-corrected chi connectivity index (χ0v) is 15.6. The molecule has 0 aromatic heterocycles. The Morgan fingerprint density at radius 1 is 1.04 bits per heavy atom. The maximum Gasteiger partial charge on any atom is 0.243 e. The van der Waals surface area contributed by atoms with Gasteiger partial charge in [0, 0.05) is 6.42 Å². The molecule has 3 rings (SSSR count). The van der Waals surface area contributed by atoms with Crippen molar-refractivity contribution in [3.63, 3.8) is 0 Å². The van der Waals surface area contributed by atoms with Crippen LogP contribution < -0.4 is 9.64 Å². The normalized spacial score (nSPS) is 16.5. The minimum atomic E-state index is -3.54. The van der Waals surface area contributed by atoms with E-state index in [0.29, 0.717) is 13.1 Å².